The lowest BCUT2D eigenvalue weighted by Crippen LogP contribution is -2.23. The lowest BCUT2D eigenvalue weighted by atomic mass is 10.2. The quantitative estimate of drug-likeness (QED) is 0.654. The van der Waals surface area contributed by atoms with Crippen LogP contribution in [0.4, 0.5) is 5.69 Å². The fraction of sp³-hybridized carbons (Fsp3) is 0.222. The van der Waals surface area contributed by atoms with Gasteiger partial charge in [0.25, 0.3) is 0 Å². The molecule has 1 N–H and O–H groups in total. The Bertz CT molecular complexity index is 947. The molecular formula is C18H17N5O3S. The van der Waals surface area contributed by atoms with Crippen molar-refractivity contribution in [2.24, 2.45) is 0 Å². The highest BCUT2D eigenvalue weighted by molar-refractivity contribution is 8.00. The summed E-state index contributed by atoms with van der Waals surface area (Å²) >= 11 is 1.31. The van der Waals surface area contributed by atoms with Gasteiger partial charge in [-0.15, -0.1) is 5.10 Å². The minimum absolute atomic E-state index is 0.145. The van der Waals surface area contributed by atoms with Crippen molar-refractivity contribution in [3.8, 4) is 11.5 Å². The van der Waals surface area contributed by atoms with Crippen molar-refractivity contribution >= 4 is 23.4 Å². The number of carbonyl (C=O) groups is 1. The minimum atomic E-state index is -0.379. The van der Waals surface area contributed by atoms with Crippen molar-refractivity contribution in [3.63, 3.8) is 0 Å². The maximum absolute atomic E-state index is 12.5. The van der Waals surface area contributed by atoms with Crippen LogP contribution in [0.2, 0.25) is 0 Å². The lowest BCUT2D eigenvalue weighted by Gasteiger charge is -2.12. The van der Waals surface area contributed by atoms with Crippen molar-refractivity contribution in [1.29, 1.82) is 0 Å². The molecule has 1 amide bonds. The molecule has 1 aliphatic rings. The van der Waals surface area contributed by atoms with Gasteiger partial charge in [0.2, 0.25) is 17.9 Å². The van der Waals surface area contributed by atoms with Crippen LogP contribution in [-0.2, 0) is 11.3 Å². The van der Waals surface area contributed by atoms with Crippen LogP contribution in [0.1, 0.15) is 12.5 Å². The Hall–Kier alpha value is -3.07. The van der Waals surface area contributed by atoms with E-state index in [0.29, 0.717) is 28.9 Å². The van der Waals surface area contributed by atoms with Gasteiger partial charge in [0.1, 0.15) is 0 Å². The second-order valence-corrected chi connectivity index (χ2v) is 7.23. The van der Waals surface area contributed by atoms with Gasteiger partial charge in [-0.05, 0) is 35.0 Å². The highest BCUT2D eigenvalue weighted by atomic mass is 32.2. The summed E-state index contributed by atoms with van der Waals surface area (Å²) in [6.45, 7) is 2.56. The number of nitrogens with one attached hydrogen (secondary N) is 1. The number of fused-ring (bicyclic) bond motifs is 1. The van der Waals surface area contributed by atoms with Crippen molar-refractivity contribution < 1.29 is 14.3 Å². The standard InChI is InChI=1S/C18H17N5O3S/c1-12(17(24)19-14-7-8-15-16(9-14)26-11-25-15)27-18-20-21-22-23(18)10-13-5-3-2-4-6-13/h2-9,12H,10-11H2,1H3,(H,19,24)/t12-/m1/s1. The molecule has 4 rings (SSSR count). The zero-order valence-electron chi connectivity index (χ0n) is 14.5. The summed E-state index contributed by atoms with van der Waals surface area (Å²) in [6.07, 6.45) is 0. The van der Waals surface area contributed by atoms with Gasteiger partial charge in [0.05, 0.1) is 11.8 Å². The number of amides is 1. The Morgan fingerprint density at radius 1 is 1.22 bits per heavy atom. The molecule has 8 nitrogen and oxygen atoms in total. The molecule has 0 radical (unpaired) electrons. The first-order valence-electron chi connectivity index (χ1n) is 8.36. The summed E-state index contributed by atoms with van der Waals surface area (Å²) in [4.78, 5) is 12.5. The SMILES string of the molecule is C[C@@H](Sc1nnnn1Cc1ccccc1)C(=O)Nc1ccc2c(c1)OCO2. The number of tetrazole rings is 1. The summed E-state index contributed by atoms with van der Waals surface area (Å²) in [7, 11) is 0. The van der Waals surface area contributed by atoms with Gasteiger partial charge in [0, 0.05) is 11.8 Å². The van der Waals surface area contributed by atoms with E-state index in [1.54, 1.807) is 22.9 Å². The molecule has 0 saturated heterocycles. The van der Waals surface area contributed by atoms with Gasteiger partial charge in [-0.2, -0.15) is 0 Å². The Morgan fingerprint density at radius 2 is 2.04 bits per heavy atom. The van der Waals surface area contributed by atoms with E-state index in [9.17, 15) is 4.79 Å². The second kappa shape index (κ2) is 7.67. The molecule has 27 heavy (non-hydrogen) atoms. The van der Waals surface area contributed by atoms with Crippen LogP contribution in [-0.4, -0.2) is 38.2 Å². The van der Waals surface area contributed by atoms with Crippen LogP contribution < -0.4 is 14.8 Å². The number of anilines is 1. The van der Waals surface area contributed by atoms with Crippen molar-refractivity contribution in [3.05, 3.63) is 54.1 Å². The molecule has 9 heteroatoms. The molecule has 1 atom stereocenters. The van der Waals surface area contributed by atoms with Gasteiger partial charge >= 0.3 is 0 Å². The van der Waals surface area contributed by atoms with Crippen LogP contribution in [0.5, 0.6) is 11.5 Å². The average molecular weight is 383 g/mol. The van der Waals surface area contributed by atoms with E-state index in [4.69, 9.17) is 9.47 Å². The predicted molar refractivity (Wildman–Crippen MR) is 99.9 cm³/mol. The van der Waals surface area contributed by atoms with Gasteiger partial charge in [-0.3, -0.25) is 4.79 Å². The number of aromatic nitrogens is 4. The number of hydrogen-bond donors (Lipinski definition) is 1. The van der Waals surface area contributed by atoms with Crippen LogP contribution >= 0.6 is 11.8 Å². The summed E-state index contributed by atoms with van der Waals surface area (Å²) in [6, 6.07) is 15.2. The monoisotopic (exact) mass is 383 g/mol. The lowest BCUT2D eigenvalue weighted by molar-refractivity contribution is -0.115. The molecule has 0 fully saturated rings. The van der Waals surface area contributed by atoms with E-state index >= 15 is 0 Å². The van der Waals surface area contributed by atoms with E-state index in [-0.39, 0.29) is 18.0 Å². The van der Waals surface area contributed by atoms with E-state index in [2.05, 4.69) is 20.8 Å². The Morgan fingerprint density at radius 3 is 2.89 bits per heavy atom. The summed E-state index contributed by atoms with van der Waals surface area (Å²) in [5, 5.41) is 14.9. The molecule has 0 bridgehead atoms. The molecule has 1 aliphatic heterocycles. The summed E-state index contributed by atoms with van der Waals surface area (Å²) in [5.41, 5.74) is 1.74. The van der Waals surface area contributed by atoms with E-state index in [0.717, 1.165) is 5.56 Å². The first kappa shape index (κ1) is 17.3. The van der Waals surface area contributed by atoms with E-state index < -0.39 is 0 Å². The number of ether oxygens (including phenoxy) is 2. The molecule has 2 aromatic carbocycles. The van der Waals surface area contributed by atoms with Crippen LogP contribution in [0.15, 0.2) is 53.7 Å². The van der Waals surface area contributed by atoms with Crippen LogP contribution in [0, 0.1) is 0 Å². The first-order chi connectivity index (χ1) is 13.2. The summed E-state index contributed by atoms with van der Waals surface area (Å²) < 4.78 is 12.3. The van der Waals surface area contributed by atoms with Gasteiger partial charge in [0.15, 0.2) is 11.5 Å². The smallest absolute Gasteiger partial charge is 0.237 e. The van der Waals surface area contributed by atoms with Crippen LogP contribution in [0.3, 0.4) is 0 Å². The van der Waals surface area contributed by atoms with Gasteiger partial charge in [-0.25, -0.2) is 4.68 Å². The number of thioether (sulfide) groups is 1. The Balaban J connectivity index is 1.40. The molecule has 1 aromatic heterocycles. The maximum Gasteiger partial charge on any atom is 0.237 e. The van der Waals surface area contributed by atoms with Crippen molar-refractivity contribution in [2.75, 3.05) is 12.1 Å². The maximum atomic E-state index is 12.5. The third-order valence-corrected chi connectivity index (χ3v) is 5.04. The molecule has 2 heterocycles. The number of benzene rings is 2. The molecule has 0 saturated carbocycles. The fourth-order valence-electron chi connectivity index (χ4n) is 2.57. The van der Waals surface area contributed by atoms with Crippen LogP contribution in [0.25, 0.3) is 0 Å². The first-order valence-corrected chi connectivity index (χ1v) is 9.24. The fourth-order valence-corrected chi connectivity index (χ4v) is 3.35. The Labute approximate surface area is 159 Å². The predicted octanol–water partition coefficient (Wildman–Crippen LogP) is 2.57. The van der Waals surface area contributed by atoms with E-state index in [1.165, 1.54) is 11.8 Å². The Kier molecular flexibility index (Phi) is 4.93. The number of hydrogen-bond acceptors (Lipinski definition) is 7. The molecular weight excluding hydrogens is 366 g/mol. The number of nitrogens with zero attached hydrogens (tertiary/aromatic N) is 4. The van der Waals surface area contributed by atoms with Gasteiger partial charge in [-0.1, -0.05) is 42.1 Å². The molecule has 0 spiro atoms. The van der Waals surface area contributed by atoms with E-state index in [1.807, 2.05) is 37.3 Å². The third-order valence-electron chi connectivity index (χ3n) is 3.97. The topological polar surface area (TPSA) is 91.2 Å². The zero-order chi connectivity index (χ0) is 18.6. The highest BCUT2D eigenvalue weighted by Crippen LogP contribution is 2.34. The third kappa shape index (κ3) is 4.03. The van der Waals surface area contributed by atoms with Gasteiger partial charge < -0.3 is 14.8 Å². The highest BCUT2D eigenvalue weighted by Gasteiger charge is 2.20. The number of rotatable bonds is 6. The minimum Gasteiger partial charge on any atom is -0.454 e. The average Bonchev–Trinajstić information content (AvgIpc) is 3.31. The normalized spacial score (nSPS) is 13.4. The second-order valence-electron chi connectivity index (χ2n) is 5.92. The zero-order valence-corrected chi connectivity index (χ0v) is 15.3. The van der Waals surface area contributed by atoms with Crippen molar-refractivity contribution in [2.45, 2.75) is 23.9 Å². The largest absolute Gasteiger partial charge is 0.454 e. The van der Waals surface area contributed by atoms with Crippen molar-refractivity contribution in [1.82, 2.24) is 20.2 Å². The number of carbonyl (C=O) groups excluding carboxylic acids is 1. The molecule has 3 aromatic rings. The molecule has 0 aliphatic carbocycles. The molecule has 138 valence electrons. The summed E-state index contributed by atoms with van der Waals surface area (Å²) in [5.74, 6) is 1.16. The molecule has 0 unspecified atom stereocenters.